The maximum atomic E-state index is 11.0. The van der Waals surface area contributed by atoms with E-state index in [0.717, 1.165) is 16.9 Å². The molecule has 0 aliphatic rings. The molecule has 0 saturated carbocycles. The third kappa shape index (κ3) is 3.42. The van der Waals surface area contributed by atoms with E-state index in [9.17, 15) is 4.79 Å². The van der Waals surface area contributed by atoms with E-state index in [0.29, 0.717) is 10.8 Å². The van der Waals surface area contributed by atoms with Gasteiger partial charge < -0.3 is 9.47 Å². The van der Waals surface area contributed by atoms with E-state index in [1.165, 1.54) is 6.92 Å². The summed E-state index contributed by atoms with van der Waals surface area (Å²) in [6, 6.07) is 13.4. The van der Waals surface area contributed by atoms with Gasteiger partial charge in [-0.3, -0.25) is 4.79 Å². The molecule has 2 aromatic rings. The zero-order valence-corrected chi connectivity index (χ0v) is 13.9. The highest BCUT2D eigenvalue weighted by Gasteiger charge is 2.24. The van der Waals surface area contributed by atoms with Crippen LogP contribution in [0.2, 0.25) is 5.02 Å². The molecule has 2 rings (SSSR count). The van der Waals surface area contributed by atoms with Gasteiger partial charge in [-0.2, -0.15) is 0 Å². The molecule has 0 amide bonds. The summed E-state index contributed by atoms with van der Waals surface area (Å²) in [5.74, 6) is 0.815. The van der Waals surface area contributed by atoms with Gasteiger partial charge in [0.2, 0.25) is 0 Å². The fraction of sp³-hybridized carbons (Fsp3) is 0.278. The molecular formula is C18H19ClO3. The summed E-state index contributed by atoms with van der Waals surface area (Å²) in [6.07, 6.45) is 0. The second-order valence-corrected chi connectivity index (χ2v) is 6.00. The molecule has 0 aromatic heterocycles. The first-order valence-electron chi connectivity index (χ1n) is 6.97. The number of halogens is 1. The molecule has 0 heterocycles. The Hall–Kier alpha value is -2.00. The normalized spacial score (nSPS) is 11.1. The van der Waals surface area contributed by atoms with Crippen LogP contribution >= 0.6 is 11.6 Å². The number of hydrogen-bond donors (Lipinski definition) is 0. The molecule has 0 unspecified atom stereocenters. The van der Waals surface area contributed by atoms with Gasteiger partial charge in [0, 0.05) is 12.3 Å². The lowest BCUT2D eigenvalue weighted by atomic mass is 9.78. The van der Waals surface area contributed by atoms with Crippen molar-refractivity contribution in [3.05, 3.63) is 58.6 Å². The van der Waals surface area contributed by atoms with E-state index in [-0.39, 0.29) is 11.4 Å². The minimum atomic E-state index is -0.385. The molecule has 0 saturated heterocycles. The third-order valence-electron chi connectivity index (χ3n) is 3.72. The molecule has 2 aromatic carbocycles. The summed E-state index contributed by atoms with van der Waals surface area (Å²) in [5.41, 5.74) is 1.95. The van der Waals surface area contributed by atoms with Crippen LogP contribution in [-0.2, 0) is 10.2 Å². The van der Waals surface area contributed by atoms with Crippen LogP contribution in [0.3, 0.4) is 0 Å². The molecule has 3 nitrogen and oxygen atoms in total. The highest BCUT2D eigenvalue weighted by molar-refractivity contribution is 6.32. The topological polar surface area (TPSA) is 35.5 Å². The SMILES string of the molecule is COc1ccc(C(C)(C)c2ccc(OC(C)=O)c(Cl)c2)cc1. The molecule has 0 bridgehead atoms. The summed E-state index contributed by atoms with van der Waals surface area (Å²) < 4.78 is 10.3. The second kappa shape index (κ2) is 6.41. The quantitative estimate of drug-likeness (QED) is 0.610. The van der Waals surface area contributed by atoms with Crippen LogP contribution in [-0.4, -0.2) is 13.1 Å². The zero-order chi connectivity index (χ0) is 16.3. The van der Waals surface area contributed by atoms with Crippen molar-refractivity contribution in [2.75, 3.05) is 7.11 Å². The monoisotopic (exact) mass is 318 g/mol. The average Bonchev–Trinajstić information content (AvgIpc) is 2.49. The average molecular weight is 319 g/mol. The molecule has 0 N–H and O–H groups in total. The molecule has 116 valence electrons. The van der Waals surface area contributed by atoms with Gasteiger partial charge in [0.25, 0.3) is 0 Å². The van der Waals surface area contributed by atoms with Crippen molar-refractivity contribution in [2.45, 2.75) is 26.2 Å². The number of methoxy groups -OCH3 is 1. The van der Waals surface area contributed by atoms with Crippen molar-refractivity contribution in [2.24, 2.45) is 0 Å². The molecule has 0 spiro atoms. The van der Waals surface area contributed by atoms with Crippen LogP contribution in [0, 0.1) is 0 Å². The van der Waals surface area contributed by atoms with Gasteiger partial charge in [0.05, 0.1) is 12.1 Å². The van der Waals surface area contributed by atoms with Gasteiger partial charge in [-0.25, -0.2) is 0 Å². The molecular weight excluding hydrogens is 300 g/mol. The molecule has 22 heavy (non-hydrogen) atoms. The molecule has 4 heteroatoms. The number of ether oxygens (including phenoxy) is 2. The first-order valence-corrected chi connectivity index (χ1v) is 7.35. The number of carbonyl (C=O) groups is 1. The van der Waals surface area contributed by atoms with Gasteiger partial charge in [0.1, 0.15) is 11.5 Å². The fourth-order valence-electron chi connectivity index (χ4n) is 2.30. The number of esters is 1. The van der Waals surface area contributed by atoms with Crippen molar-refractivity contribution in [3.8, 4) is 11.5 Å². The van der Waals surface area contributed by atoms with Crippen molar-refractivity contribution >= 4 is 17.6 Å². The first-order chi connectivity index (χ1) is 10.3. The number of carbonyl (C=O) groups excluding carboxylic acids is 1. The number of rotatable bonds is 4. The Balaban J connectivity index is 2.35. The van der Waals surface area contributed by atoms with Crippen LogP contribution in [0.1, 0.15) is 31.9 Å². The summed E-state index contributed by atoms with van der Waals surface area (Å²) in [6.45, 7) is 5.59. The molecule has 0 atom stereocenters. The molecule has 0 aliphatic carbocycles. The molecule has 0 aliphatic heterocycles. The van der Waals surface area contributed by atoms with Crippen LogP contribution < -0.4 is 9.47 Å². The van der Waals surface area contributed by atoms with E-state index in [1.54, 1.807) is 13.2 Å². The van der Waals surface area contributed by atoms with E-state index in [4.69, 9.17) is 21.1 Å². The van der Waals surface area contributed by atoms with E-state index in [2.05, 4.69) is 13.8 Å². The minimum absolute atomic E-state index is 0.231. The Bertz CT molecular complexity index is 675. The Morgan fingerprint density at radius 3 is 2.14 bits per heavy atom. The highest BCUT2D eigenvalue weighted by atomic mass is 35.5. The Morgan fingerprint density at radius 1 is 1.05 bits per heavy atom. The Morgan fingerprint density at radius 2 is 1.64 bits per heavy atom. The van der Waals surface area contributed by atoms with Gasteiger partial charge in [0.15, 0.2) is 0 Å². The van der Waals surface area contributed by atoms with Gasteiger partial charge in [-0.15, -0.1) is 0 Å². The lowest BCUT2D eigenvalue weighted by Gasteiger charge is -2.26. The van der Waals surface area contributed by atoms with Gasteiger partial charge in [-0.1, -0.05) is 43.6 Å². The van der Waals surface area contributed by atoms with Crippen LogP contribution in [0.4, 0.5) is 0 Å². The summed E-state index contributed by atoms with van der Waals surface area (Å²) in [5, 5.41) is 0.425. The van der Waals surface area contributed by atoms with Crippen molar-refractivity contribution < 1.29 is 14.3 Å². The summed E-state index contributed by atoms with van der Waals surface area (Å²) in [7, 11) is 1.65. The minimum Gasteiger partial charge on any atom is -0.497 e. The lowest BCUT2D eigenvalue weighted by Crippen LogP contribution is -2.19. The van der Waals surface area contributed by atoms with Crippen molar-refractivity contribution in [1.82, 2.24) is 0 Å². The standard InChI is InChI=1S/C18H19ClO3/c1-12(20)22-17-10-7-14(11-16(17)19)18(2,3)13-5-8-15(21-4)9-6-13/h5-11H,1-4H3. The smallest absolute Gasteiger partial charge is 0.308 e. The van der Waals surface area contributed by atoms with E-state index < -0.39 is 0 Å². The van der Waals surface area contributed by atoms with Crippen molar-refractivity contribution in [3.63, 3.8) is 0 Å². The predicted molar refractivity (Wildman–Crippen MR) is 87.9 cm³/mol. The second-order valence-electron chi connectivity index (χ2n) is 5.59. The third-order valence-corrected chi connectivity index (χ3v) is 4.01. The predicted octanol–water partition coefficient (Wildman–Crippen LogP) is 4.60. The Labute approximate surface area is 135 Å². The van der Waals surface area contributed by atoms with Crippen LogP contribution in [0.25, 0.3) is 0 Å². The van der Waals surface area contributed by atoms with Crippen LogP contribution in [0.15, 0.2) is 42.5 Å². The summed E-state index contributed by atoms with van der Waals surface area (Å²) in [4.78, 5) is 11.0. The maximum Gasteiger partial charge on any atom is 0.308 e. The van der Waals surface area contributed by atoms with E-state index >= 15 is 0 Å². The molecule has 0 fully saturated rings. The van der Waals surface area contributed by atoms with E-state index in [1.807, 2.05) is 36.4 Å². The van der Waals surface area contributed by atoms with Gasteiger partial charge in [-0.05, 0) is 35.4 Å². The van der Waals surface area contributed by atoms with Crippen LogP contribution in [0.5, 0.6) is 11.5 Å². The Kier molecular flexibility index (Phi) is 4.77. The first kappa shape index (κ1) is 16.4. The maximum absolute atomic E-state index is 11.0. The lowest BCUT2D eigenvalue weighted by molar-refractivity contribution is -0.131. The number of benzene rings is 2. The largest absolute Gasteiger partial charge is 0.497 e. The summed E-state index contributed by atoms with van der Waals surface area (Å²) >= 11 is 6.22. The number of hydrogen-bond acceptors (Lipinski definition) is 3. The zero-order valence-electron chi connectivity index (χ0n) is 13.1. The van der Waals surface area contributed by atoms with Crippen molar-refractivity contribution in [1.29, 1.82) is 0 Å². The fourth-order valence-corrected chi connectivity index (χ4v) is 2.52. The molecule has 0 radical (unpaired) electrons. The van der Waals surface area contributed by atoms with Gasteiger partial charge >= 0.3 is 5.97 Å². The highest BCUT2D eigenvalue weighted by Crippen LogP contribution is 2.36.